The molecule has 0 saturated carbocycles. The molecular weight excluding hydrogens is 322 g/mol. The molecule has 2 rings (SSSR count). The largest absolute Gasteiger partial charge is 0.466 e. The Morgan fingerprint density at radius 1 is 1.17 bits per heavy atom. The lowest BCUT2D eigenvalue weighted by Crippen LogP contribution is -2.29. The average Bonchev–Trinajstić information content (AvgIpc) is 2.55. The third kappa shape index (κ3) is 5.36. The van der Waals surface area contributed by atoms with E-state index in [0.717, 1.165) is 28.1 Å². The fourth-order valence-electron chi connectivity index (χ4n) is 2.72. The van der Waals surface area contributed by atoms with E-state index >= 15 is 0 Å². The Hall–Kier alpha value is -1.84. The first-order valence-electron chi connectivity index (χ1n) is 8.26. The number of rotatable bonds is 7. The second-order valence-corrected chi connectivity index (χ2v) is 6.50. The van der Waals surface area contributed by atoms with Crippen LogP contribution in [0, 0.1) is 5.92 Å². The van der Waals surface area contributed by atoms with Crippen LogP contribution in [0.5, 0.6) is 0 Å². The molecule has 2 atom stereocenters. The van der Waals surface area contributed by atoms with E-state index in [1.54, 1.807) is 0 Å². The number of hydrogen-bond donors (Lipinski definition) is 1. The zero-order chi connectivity index (χ0) is 17.5. The summed E-state index contributed by atoms with van der Waals surface area (Å²) in [6.07, 6.45) is 1.36. The lowest BCUT2D eigenvalue weighted by molar-refractivity contribution is -0.147. The van der Waals surface area contributed by atoms with Crippen molar-refractivity contribution in [3.05, 3.63) is 59.1 Å². The Morgan fingerprint density at radius 2 is 1.88 bits per heavy atom. The first kappa shape index (κ1) is 18.5. The van der Waals surface area contributed by atoms with Gasteiger partial charge in [0.2, 0.25) is 0 Å². The predicted molar refractivity (Wildman–Crippen MR) is 99.0 cm³/mol. The molecule has 0 amide bonds. The van der Waals surface area contributed by atoms with Gasteiger partial charge in [0, 0.05) is 11.1 Å². The number of carbonyl (C=O) groups is 1. The van der Waals surface area contributed by atoms with E-state index in [9.17, 15) is 4.79 Å². The van der Waals surface area contributed by atoms with Crippen molar-refractivity contribution in [3.8, 4) is 11.1 Å². The van der Waals surface area contributed by atoms with Gasteiger partial charge in [0.15, 0.2) is 0 Å². The van der Waals surface area contributed by atoms with Crippen molar-refractivity contribution in [2.24, 2.45) is 11.7 Å². The van der Waals surface area contributed by atoms with Gasteiger partial charge in [0.25, 0.3) is 0 Å². The summed E-state index contributed by atoms with van der Waals surface area (Å²) in [6, 6.07) is 16.0. The lowest BCUT2D eigenvalue weighted by atomic mass is 9.95. The number of halogens is 1. The van der Waals surface area contributed by atoms with E-state index in [0.29, 0.717) is 13.0 Å². The molecule has 0 fully saturated rings. The van der Waals surface area contributed by atoms with Crippen LogP contribution in [0.25, 0.3) is 11.1 Å². The van der Waals surface area contributed by atoms with Crippen molar-refractivity contribution < 1.29 is 9.53 Å². The molecule has 24 heavy (non-hydrogen) atoms. The van der Waals surface area contributed by atoms with Crippen molar-refractivity contribution in [3.63, 3.8) is 0 Å². The summed E-state index contributed by atoms with van der Waals surface area (Å²) < 4.78 is 5.02. The molecule has 0 spiro atoms. The topological polar surface area (TPSA) is 52.3 Å². The molecule has 0 saturated heterocycles. The van der Waals surface area contributed by atoms with Crippen LogP contribution in [0.15, 0.2) is 48.5 Å². The maximum Gasteiger partial charge on any atom is 0.308 e. The zero-order valence-electron chi connectivity index (χ0n) is 14.2. The molecule has 2 N–H and O–H groups in total. The summed E-state index contributed by atoms with van der Waals surface area (Å²) in [5.74, 6) is -0.352. The Labute approximate surface area is 148 Å². The SMILES string of the molecule is CCOC(=O)[C@H](C)C[C@H](N)Cc1ccc(-c2cccc(Cl)c2)cc1. The summed E-state index contributed by atoms with van der Waals surface area (Å²) in [5.41, 5.74) is 9.55. The Bertz CT molecular complexity index is 670. The Morgan fingerprint density at radius 3 is 2.50 bits per heavy atom. The van der Waals surface area contributed by atoms with E-state index in [1.807, 2.05) is 38.1 Å². The van der Waals surface area contributed by atoms with Crippen molar-refractivity contribution in [1.29, 1.82) is 0 Å². The van der Waals surface area contributed by atoms with Gasteiger partial charge in [-0.1, -0.05) is 54.9 Å². The molecule has 0 radical (unpaired) electrons. The summed E-state index contributed by atoms with van der Waals surface area (Å²) >= 11 is 6.04. The highest BCUT2D eigenvalue weighted by Crippen LogP contribution is 2.23. The highest BCUT2D eigenvalue weighted by Gasteiger charge is 2.17. The molecule has 2 aromatic rings. The molecule has 0 aromatic heterocycles. The molecule has 0 bridgehead atoms. The van der Waals surface area contributed by atoms with E-state index in [2.05, 4.69) is 24.3 Å². The highest BCUT2D eigenvalue weighted by molar-refractivity contribution is 6.30. The molecular formula is C20H24ClNO2. The van der Waals surface area contributed by atoms with Crippen molar-refractivity contribution in [1.82, 2.24) is 0 Å². The van der Waals surface area contributed by atoms with E-state index in [1.165, 1.54) is 0 Å². The zero-order valence-corrected chi connectivity index (χ0v) is 14.9. The predicted octanol–water partition coefficient (Wildman–Crippen LogP) is 4.47. The van der Waals surface area contributed by atoms with Crippen LogP contribution < -0.4 is 5.73 Å². The average molecular weight is 346 g/mol. The number of esters is 1. The van der Waals surface area contributed by atoms with E-state index in [4.69, 9.17) is 22.1 Å². The second-order valence-electron chi connectivity index (χ2n) is 6.06. The summed E-state index contributed by atoms with van der Waals surface area (Å²) in [4.78, 5) is 11.7. The van der Waals surface area contributed by atoms with E-state index in [-0.39, 0.29) is 17.9 Å². The number of ether oxygens (including phenoxy) is 1. The summed E-state index contributed by atoms with van der Waals surface area (Å²) in [7, 11) is 0. The third-order valence-corrected chi connectivity index (χ3v) is 4.19. The molecule has 0 heterocycles. The minimum absolute atomic E-state index is 0.0681. The van der Waals surface area contributed by atoms with Crippen LogP contribution >= 0.6 is 11.6 Å². The molecule has 0 aliphatic carbocycles. The van der Waals surface area contributed by atoms with E-state index < -0.39 is 0 Å². The minimum atomic E-state index is -0.177. The minimum Gasteiger partial charge on any atom is -0.466 e. The molecule has 0 aliphatic heterocycles. The Balaban J connectivity index is 1.95. The van der Waals surface area contributed by atoms with Crippen LogP contribution in [0.3, 0.4) is 0 Å². The Kier molecular flexibility index (Phi) is 6.83. The number of hydrogen-bond acceptors (Lipinski definition) is 3. The maximum absolute atomic E-state index is 11.7. The number of benzene rings is 2. The van der Waals surface area contributed by atoms with Gasteiger partial charge in [-0.3, -0.25) is 4.79 Å². The normalized spacial score (nSPS) is 13.3. The fourth-order valence-corrected chi connectivity index (χ4v) is 2.91. The maximum atomic E-state index is 11.7. The summed E-state index contributed by atoms with van der Waals surface area (Å²) in [6.45, 7) is 4.08. The highest BCUT2D eigenvalue weighted by atomic mass is 35.5. The van der Waals surface area contributed by atoms with Gasteiger partial charge in [-0.25, -0.2) is 0 Å². The van der Waals surface area contributed by atoms with Gasteiger partial charge in [0.1, 0.15) is 0 Å². The van der Waals surface area contributed by atoms with Gasteiger partial charge in [-0.05, 0) is 48.6 Å². The van der Waals surface area contributed by atoms with Crippen LogP contribution in [0.4, 0.5) is 0 Å². The van der Waals surface area contributed by atoms with Gasteiger partial charge in [0.05, 0.1) is 12.5 Å². The van der Waals surface area contributed by atoms with Gasteiger partial charge in [-0.2, -0.15) is 0 Å². The van der Waals surface area contributed by atoms with Gasteiger partial charge < -0.3 is 10.5 Å². The fraction of sp³-hybridized carbons (Fsp3) is 0.350. The van der Waals surface area contributed by atoms with Crippen molar-refractivity contribution >= 4 is 17.6 Å². The van der Waals surface area contributed by atoms with Crippen LogP contribution in [0.2, 0.25) is 5.02 Å². The van der Waals surface area contributed by atoms with Crippen LogP contribution in [-0.4, -0.2) is 18.6 Å². The first-order chi connectivity index (χ1) is 11.5. The standard InChI is InChI=1S/C20H24ClNO2/c1-3-24-20(23)14(2)11-19(22)12-15-7-9-16(10-8-15)17-5-4-6-18(21)13-17/h4-10,13-14,19H,3,11-12,22H2,1-2H3/t14-,19+/m1/s1. The molecule has 128 valence electrons. The van der Waals surface area contributed by atoms with Crippen molar-refractivity contribution in [2.75, 3.05) is 6.61 Å². The molecule has 0 aliphatic rings. The molecule has 4 heteroatoms. The second kappa shape index (κ2) is 8.86. The van der Waals surface area contributed by atoms with Crippen LogP contribution in [0.1, 0.15) is 25.8 Å². The lowest BCUT2D eigenvalue weighted by Gasteiger charge is -2.16. The van der Waals surface area contributed by atoms with Crippen LogP contribution in [-0.2, 0) is 16.0 Å². The number of carbonyl (C=O) groups excluding carboxylic acids is 1. The van der Waals surface area contributed by atoms with Gasteiger partial charge >= 0.3 is 5.97 Å². The quantitative estimate of drug-likeness (QED) is 0.753. The monoisotopic (exact) mass is 345 g/mol. The smallest absolute Gasteiger partial charge is 0.308 e. The first-order valence-corrected chi connectivity index (χ1v) is 8.64. The molecule has 3 nitrogen and oxygen atoms in total. The molecule has 0 unspecified atom stereocenters. The molecule has 2 aromatic carbocycles. The number of nitrogens with two attached hydrogens (primary N) is 1. The summed E-state index contributed by atoms with van der Waals surface area (Å²) in [5, 5.41) is 0.728. The van der Waals surface area contributed by atoms with Gasteiger partial charge in [-0.15, -0.1) is 0 Å². The third-order valence-electron chi connectivity index (χ3n) is 3.96. The van der Waals surface area contributed by atoms with Crippen molar-refractivity contribution in [2.45, 2.75) is 32.7 Å².